The molecule has 1 aromatic rings. The van der Waals surface area contributed by atoms with Gasteiger partial charge in [0.05, 0.1) is 19.3 Å². The van der Waals surface area contributed by atoms with Crippen LogP contribution >= 0.6 is 0 Å². The highest BCUT2D eigenvalue weighted by Gasteiger charge is 2.09. The maximum atomic E-state index is 9.03. The molecule has 0 aliphatic carbocycles. The molecule has 0 saturated heterocycles. The minimum Gasteiger partial charge on any atom is -0.493 e. The number of benzene rings is 1. The van der Waals surface area contributed by atoms with Gasteiger partial charge in [-0.3, -0.25) is 0 Å². The second-order valence-corrected chi connectivity index (χ2v) is 4.63. The van der Waals surface area contributed by atoms with Crippen molar-refractivity contribution in [2.24, 2.45) is 11.7 Å². The van der Waals surface area contributed by atoms with Gasteiger partial charge < -0.3 is 15.6 Å². The second-order valence-electron chi connectivity index (χ2n) is 4.63. The highest BCUT2D eigenvalue weighted by Crippen LogP contribution is 2.21. The van der Waals surface area contributed by atoms with Crippen LogP contribution in [-0.4, -0.2) is 18.3 Å². The number of hydrogen-bond donors (Lipinski definition) is 2. The molecule has 0 aliphatic heterocycles. The lowest BCUT2D eigenvalue weighted by atomic mass is 10.0. The van der Waals surface area contributed by atoms with Crippen LogP contribution < -0.4 is 10.5 Å². The van der Waals surface area contributed by atoms with Crippen LogP contribution in [0.3, 0.4) is 0 Å². The molecular formula is C14H23NO2. The van der Waals surface area contributed by atoms with Gasteiger partial charge in [0, 0.05) is 0 Å². The van der Waals surface area contributed by atoms with Crippen molar-refractivity contribution < 1.29 is 9.84 Å². The molecular weight excluding hydrogens is 214 g/mol. The summed E-state index contributed by atoms with van der Waals surface area (Å²) in [6, 6.07) is 5.52. The van der Waals surface area contributed by atoms with Crippen molar-refractivity contribution in [3.05, 3.63) is 29.3 Å². The maximum Gasteiger partial charge on any atom is 0.119 e. The molecule has 0 aromatic heterocycles. The van der Waals surface area contributed by atoms with Crippen LogP contribution in [-0.2, 0) is 0 Å². The molecule has 0 radical (unpaired) electrons. The topological polar surface area (TPSA) is 55.5 Å². The van der Waals surface area contributed by atoms with Gasteiger partial charge in [0.2, 0.25) is 0 Å². The fourth-order valence-corrected chi connectivity index (χ4v) is 1.61. The molecule has 3 nitrogen and oxygen atoms in total. The fraction of sp³-hybridized carbons (Fsp3) is 0.571. The van der Waals surface area contributed by atoms with Crippen molar-refractivity contribution >= 4 is 0 Å². The van der Waals surface area contributed by atoms with Crippen molar-refractivity contribution in [3.63, 3.8) is 0 Å². The lowest BCUT2D eigenvalue weighted by molar-refractivity contribution is 0.255. The average molecular weight is 237 g/mol. The van der Waals surface area contributed by atoms with E-state index in [2.05, 4.69) is 13.8 Å². The molecule has 2 atom stereocenters. The summed E-state index contributed by atoms with van der Waals surface area (Å²) in [4.78, 5) is 0. The van der Waals surface area contributed by atoms with Crippen LogP contribution in [0.2, 0.25) is 0 Å². The van der Waals surface area contributed by atoms with Gasteiger partial charge in [0.1, 0.15) is 5.75 Å². The van der Waals surface area contributed by atoms with E-state index in [4.69, 9.17) is 15.6 Å². The number of ether oxygens (including phenoxy) is 1. The summed E-state index contributed by atoms with van der Waals surface area (Å²) >= 11 is 0. The molecule has 1 aromatic carbocycles. The molecule has 3 N–H and O–H groups in total. The third-order valence-electron chi connectivity index (χ3n) is 3.07. The quantitative estimate of drug-likeness (QED) is 0.799. The Hall–Kier alpha value is -1.06. The van der Waals surface area contributed by atoms with Crippen LogP contribution in [0.5, 0.6) is 5.75 Å². The van der Waals surface area contributed by atoms with Gasteiger partial charge in [-0.25, -0.2) is 0 Å². The van der Waals surface area contributed by atoms with Crippen LogP contribution in [0.15, 0.2) is 18.2 Å². The van der Waals surface area contributed by atoms with Gasteiger partial charge in [0.15, 0.2) is 0 Å². The highest BCUT2D eigenvalue weighted by atomic mass is 16.5. The van der Waals surface area contributed by atoms with Crippen LogP contribution in [0.1, 0.15) is 37.4 Å². The zero-order valence-corrected chi connectivity index (χ0v) is 10.9. The predicted octanol–water partition coefficient (Wildman–Crippen LogP) is 2.41. The first-order valence-electron chi connectivity index (χ1n) is 6.18. The van der Waals surface area contributed by atoms with Crippen molar-refractivity contribution in [2.45, 2.75) is 33.2 Å². The molecule has 0 spiro atoms. The molecule has 0 heterocycles. The molecule has 2 unspecified atom stereocenters. The van der Waals surface area contributed by atoms with E-state index in [1.807, 2.05) is 25.1 Å². The van der Waals surface area contributed by atoms with E-state index in [1.165, 1.54) is 0 Å². The molecule has 3 heteroatoms. The van der Waals surface area contributed by atoms with Crippen molar-refractivity contribution in [3.8, 4) is 5.75 Å². The number of hydrogen-bond acceptors (Lipinski definition) is 3. The van der Waals surface area contributed by atoms with Gasteiger partial charge in [-0.15, -0.1) is 0 Å². The second kappa shape index (κ2) is 6.62. The van der Waals surface area contributed by atoms with E-state index in [1.54, 1.807) is 0 Å². The third-order valence-corrected chi connectivity index (χ3v) is 3.07. The minimum atomic E-state index is -0.307. The summed E-state index contributed by atoms with van der Waals surface area (Å²) in [5.41, 5.74) is 7.84. The van der Waals surface area contributed by atoms with Crippen molar-refractivity contribution in [1.29, 1.82) is 0 Å². The first-order chi connectivity index (χ1) is 8.08. The third kappa shape index (κ3) is 4.02. The molecule has 0 bridgehead atoms. The van der Waals surface area contributed by atoms with Gasteiger partial charge in [-0.1, -0.05) is 26.3 Å². The molecule has 17 heavy (non-hydrogen) atoms. The number of nitrogens with two attached hydrogens (primary N) is 1. The van der Waals surface area contributed by atoms with Gasteiger partial charge in [0.25, 0.3) is 0 Å². The number of rotatable bonds is 6. The smallest absolute Gasteiger partial charge is 0.119 e. The molecule has 0 aliphatic rings. The summed E-state index contributed by atoms with van der Waals surface area (Å²) in [6.45, 7) is 7.02. The molecule has 1 rings (SSSR count). The van der Waals surface area contributed by atoms with Gasteiger partial charge >= 0.3 is 0 Å². The lowest BCUT2D eigenvalue weighted by Crippen LogP contribution is -2.15. The van der Waals surface area contributed by atoms with E-state index < -0.39 is 0 Å². The minimum absolute atomic E-state index is 0.0338. The van der Waals surface area contributed by atoms with Crippen LogP contribution in [0.25, 0.3) is 0 Å². The van der Waals surface area contributed by atoms with Gasteiger partial charge in [-0.05, 0) is 36.1 Å². The highest BCUT2D eigenvalue weighted by molar-refractivity contribution is 5.36. The van der Waals surface area contributed by atoms with Crippen LogP contribution in [0, 0.1) is 12.8 Å². The average Bonchev–Trinajstić information content (AvgIpc) is 2.35. The summed E-state index contributed by atoms with van der Waals surface area (Å²) in [5, 5.41) is 9.03. The summed E-state index contributed by atoms with van der Waals surface area (Å²) in [6.07, 6.45) is 1.12. The molecule has 96 valence electrons. The summed E-state index contributed by atoms with van der Waals surface area (Å²) in [5.74, 6) is 1.44. The van der Waals surface area contributed by atoms with Crippen molar-refractivity contribution in [1.82, 2.24) is 0 Å². The SMILES string of the molecule is CCC(C)COc1ccc(C(N)CO)c(C)c1. The molecule has 0 amide bonds. The monoisotopic (exact) mass is 237 g/mol. The first-order valence-corrected chi connectivity index (χ1v) is 6.18. The lowest BCUT2D eigenvalue weighted by Gasteiger charge is -2.15. The van der Waals surface area contributed by atoms with E-state index in [9.17, 15) is 0 Å². The Labute approximate surface area is 104 Å². The Morgan fingerprint density at radius 3 is 2.65 bits per heavy atom. The zero-order valence-electron chi connectivity index (χ0n) is 10.9. The van der Waals surface area contributed by atoms with Crippen molar-refractivity contribution in [2.75, 3.05) is 13.2 Å². The Kier molecular flexibility index (Phi) is 5.45. The van der Waals surface area contributed by atoms with E-state index in [0.717, 1.165) is 29.9 Å². The summed E-state index contributed by atoms with van der Waals surface area (Å²) < 4.78 is 5.70. The number of aliphatic hydroxyl groups is 1. The Balaban J connectivity index is 2.68. The Bertz CT molecular complexity index is 352. The maximum absolute atomic E-state index is 9.03. The standard InChI is InChI=1S/C14H23NO2/c1-4-10(2)9-17-12-5-6-13(11(3)7-12)14(15)8-16/h5-7,10,14,16H,4,8-9,15H2,1-3H3. The van der Waals surface area contributed by atoms with E-state index in [0.29, 0.717) is 5.92 Å². The summed E-state index contributed by atoms with van der Waals surface area (Å²) in [7, 11) is 0. The number of aryl methyl sites for hydroxylation is 1. The van der Waals surface area contributed by atoms with Gasteiger partial charge in [-0.2, -0.15) is 0 Å². The zero-order chi connectivity index (χ0) is 12.8. The predicted molar refractivity (Wildman–Crippen MR) is 70.1 cm³/mol. The number of aliphatic hydroxyl groups excluding tert-OH is 1. The first kappa shape index (κ1) is 14.0. The largest absolute Gasteiger partial charge is 0.493 e. The Morgan fingerprint density at radius 1 is 1.41 bits per heavy atom. The van der Waals surface area contributed by atoms with E-state index in [-0.39, 0.29) is 12.6 Å². The Morgan fingerprint density at radius 2 is 2.12 bits per heavy atom. The normalized spacial score (nSPS) is 14.4. The van der Waals surface area contributed by atoms with E-state index >= 15 is 0 Å². The molecule has 0 saturated carbocycles. The fourth-order valence-electron chi connectivity index (χ4n) is 1.61. The van der Waals surface area contributed by atoms with Crippen LogP contribution in [0.4, 0.5) is 0 Å². The molecule has 0 fully saturated rings.